The van der Waals surface area contributed by atoms with Crippen molar-refractivity contribution in [2.24, 2.45) is 5.92 Å². The van der Waals surface area contributed by atoms with Gasteiger partial charge in [-0.1, -0.05) is 13.8 Å². The van der Waals surface area contributed by atoms with E-state index < -0.39 is 0 Å². The Morgan fingerprint density at radius 2 is 2.13 bits per heavy atom. The molecule has 2 heterocycles. The number of ether oxygens (including phenoxy) is 2. The van der Waals surface area contributed by atoms with Crippen LogP contribution in [-0.2, 0) is 4.74 Å². The molecule has 3 rings (SSSR count). The van der Waals surface area contributed by atoms with Crippen molar-refractivity contribution in [3.8, 4) is 5.75 Å². The van der Waals surface area contributed by atoms with Crippen LogP contribution in [0.3, 0.4) is 0 Å². The van der Waals surface area contributed by atoms with Crippen molar-refractivity contribution < 1.29 is 9.47 Å². The van der Waals surface area contributed by atoms with Gasteiger partial charge in [-0.25, -0.2) is 0 Å². The lowest BCUT2D eigenvalue weighted by Crippen LogP contribution is -2.36. The van der Waals surface area contributed by atoms with E-state index in [0.717, 1.165) is 47.5 Å². The topological polar surface area (TPSA) is 43.4 Å². The molecule has 1 fully saturated rings. The highest BCUT2D eigenvalue weighted by atomic mass is 16.5. The molecular weight excluding hydrogens is 288 g/mol. The molecule has 23 heavy (non-hydrogen) atoms. The molecule has 1 aliphatic heterocycles. The van der Waals surface area contributed by atoms with Crippen LogP contribution in [0.15, 0.2) is 24.3 Å². The van der Waals surface area contributed by atoms with Crippen LogP contribution in [0.4, 0.5) is 5.69 Å². The molecule has 1 saturated heterocycles. The van der Waals surface area contributed by atoms with Crippen LogP contribution >= 0.6 is 0 Å². The normalized spacial score (nSPS) is 21.6. The average molecular weight is 314 g/mol. The van der Waals surface area contributed by atoms with Gasteiger partial charge in [-0.2, -0.15) is 0 Å². The van der Waals surface area contributed by atoms with Crippen molar-refractivity contribution >= 4 is 16.6 Å². The van der Waals surface area contributed by atoms with Gasteiger partial charge in [0, 0.05) is 35.5 Å². The van der Waals surface area contributed by atoms with Crippen LogP contribution in [0.1, 0.15) is 32.4 Å². The number of hydrogen-bond acceptors (Lipinski definition) is 4. The van der Waals surface area contributed by atoms with E-state index in [1.165, 1.54) is 0 Å². The minimum Gasteiger partial charge on any atom is -0.497 e. The van der Waals surface area contributed by atoms with Gasteiger partial charge in [0.15, 0.2) is 0 Å². The number of nitrogens with zero attached hydrogens (tertiary/aromatic N) is 1. The Morgan fingerprint density at radius 3 is 2.87 bits per heavy atom. The van der Waals surface area contributed by atoms with Crippen LogP contribution in [0, 0.1) is 12.8 Å². The highest BCUT2D eigenvalue weighted by molar-refractivity contribution is 5.92. The van der Waals surface area contributed by atoms with Gasteiger partial charge in [0.1, 0.15) is 5.75 Å². The van der Waals surface area contributed by atoms with Gasteiger partial charge < -0.3 is 14.8 Å². The monoisotopic (exact) mass is 314 g/mol. The molecular formula is C19H26N2O2. The summed E-state index contributed by atoms with van der Waals surface area (Å²) in [6.07, 6.45) is 2.44. The third-order valence-corrected chi connectivity index (χ3v) is 4.56. The molecule has 0 spiro atoms. The van der Waals surface area contributed by atoms with E-state index >= 15 is 0 Å². The zero-order valence-corrected chi connectivity index (χ0v) is 14.4. The summed E-state index contributed by atoms with van der Waals surface area (Å²) in [6, 6.07) is 8.65. The Hall–Kier alpha value is -1.81. The highest BCUT2D eigenvalue weighted by Crippen LogP contribution is 2.29. The molecule has 4 nitrogen and oxygen atoms in total. The molecule has 1 aliphatic rings. The SMILES string of the molecule is COc1ccc2c(NC3CCOC(C(C)C)C3)cc(C)nc2c1. The van der Waals surface area contributed by atoms with Crippen LogP contribution in [0.2, 0.25) is 0 Å². The van der Waals surface area contributed by atoms with Crippen molar-refractivity contribution in [2.45, 2.75) is 45.8 Å². The first-order valence-electron chi connectivity index (χ1n) is 8.40. The molecule has 2 aromatic rings. The zero-order valence-electron chi connectivity index (χ0n) is 14.4. The molecule has 0 aliphatic carbocycles. The van der Waals surface area contributed by atoms with Crippen molar-refractivity contribution in [3.63, 3.8) is 0 Å². The standard InChI is InChI=1S/C19H26N2O2/c1-12(2)19-10-14(7-8-23-19)21-17-9-13(3)20-18-11-15(22-4)5-6-16(17)18/h5-6,9,11-12,14,19H,7-8,10H2,1-4H3,(H,20,21). The molecule has 0 bridgehead atoms. The number of pyridine rings is 1. The van der Waals surface area contributed by atoms with Crippen molar-refractivity contribution in [1.82, 2.24) is 4.98 Å². The Bertz CT molecular complexity index is 684. The second-order valence-corrected chi connectivity index (χ2v) is 6.71. The summed E-state index contributed by atoms with van der Waals surface area (Å²) in [7, 11) is 1.68. The Kier molecular flexibility index (Phi) is 4.71. The molecule has 1 aromatic heterocycles. The predicted octanol–water partition coefficient (Wildman–Crippen LogP) is 4.17. The van der Waals surface area contributed by atoms with Gasteiger partial charge in [-0.3, -0.25) is 4.98 Å². The van der Waals surface area contributed by atoms with Crippen molar-refractivity contribution in [3.05, 3.63) is 30.0 Å². The molecule has 0 radical (unpaired) electrons. The van der Waals surface area contributed by atoms with E-state index in [1.54, 1.807) is 7.11 Å². The molecule has 0 saturated carbocycles. The Labute approximate surface area is 138 Å². The number of anilines is 1. The molecule has 4 heteroatoms. The first-order valence-corrected chi connectivity index (χ1v) is 8.40. The average Bonchev–Trinajstić information content (AvgIpc) is 2.54. The maximum absolute atomic E-state index is 5.88. The molecule has 2 unspecified atom stereocenters. The summed E-state index contributed by atoms with van der Waals surface area (Å²) in [5.41, 5.74) is 3.14. The van der Waals surface area contributed by atoms with E-state index in [0.29, 0.717) is 18.1 Å². The smallest absolute Gasteiger partial charge is 0.121 e. The van der Waals surface area contributed by atoms with Gasteiger partial charge in [-0.15, -0.1) is 0 Å². The van der Waals surface area contributed by atoms with Gasteiger partial charge in [0.2, 0.25) is 0 Å². The van der Waals surface area contributed by atoms with Crippen LogP contribution in [0.25, 0.3) is 10.9 Å². The van der Waals surface area contributed by atoms with Gasteiger partial charge >= 0.3 is 0 Å². The fourth-order valence-corrected chi connectivity index (χ4v) is 3.23. The number of hydrogen-bond donors (Lipinski definition) is 1. The first-order chi connectivity index (χ1) is 11.1. The third-order valence-electron chi connectivity index (χ3n) is 4.56. The molecule has 0 amide bonds. The van der Waals surface area contributed by atoms with Gasteiger partial charge in [0.05, 0.1) is 18.7 Å². The number of rotatable bonds is 4. The van der Waals surface area contributed by atoms with E-state index in [1.807, 2.05) is 19.1 Å². The molecule has 1 aromatic carbocycles. The number of fused-ring (bicyclic) bond motifs is 1. The Balaban J connectivity index is 1.87. The lowest BCUT2D eigenvalue weighted by atomic mass is 9.95. The number of aromatic nitrogens is 1. The van der Waals surface area contributed by atoms with E-state index in [-0.39, 0.29) is 0 Å². The summed E-state index contributed by atoms with van der Waals surface area (Å²) in [5, 5.41) is 4.87. The maximum Gasteiger partial charge on any atom is 0.121 e. The minimum absolute atomic E-state index is 0.343. The predicted molar refractivity (Wildman–Crippen MR) is 94.3 cm³/mol. The lowest BCUT2D eigenvalue weighted by Gasteiger charge is -2.33. The van der Waals surface area contributed by atoms with E-state index in [2.05, 4.69) is 36.3 Å². The molecule has 124 valence electrons. The zero-order chi connectivity index (χ0) is 16.4. The lowest BCUT2D eigenvalue weighted by molar-refractivity contribution is -0.0160. The third kappa shape index (κ3) is 3.58. The van der Waals surface area contributed by atoms with Crippen molar-refractivity contribution in [1.29, 1.82) is 0 Å². The first kappa shape index (κ1) is 16.1. The molecule has 1 N–H and O–H groups in total. The van der Waals surface area contributed by atoms with Crippen LogP contribution in [-0.4, -0.2) is 30.8 Å². The summed E-state index contributed by atoms with van der Waals surface area (Å²) >= 11 is 0. The number of benzene rings is 1. The number of methoxy groups -OCH3 is 1. The second kappa shape index (κ2) is 6.75. The number of nitrogens with one attached hydrogen (secondary N) is 1. The van der Waals surface area contributed by atoms with Crippen molar-refractivity contribution in [2.75, 3.05) is 19.0 Å². The fourth-order valence-electron chi connectivity index (χ4n) is 3.23. The largest absolute Gasteiger partial charge is 0.497 e. The quantitative estimate of drug-likeness (QED) is 0.920. The minimum atomic E-state index is 0.343. The molecule has 2 atom stereocenters. The van der Waals surface area contributed by atoms with Crippen LogP contribution in [0.5, 0.6) is 5.75 Å². The van der Waals surface area contributed by atoms with Gasteiger partial charge in [0.25, 0.3) is 0 Å². The second-order valence-electron chi connectivity index (χ2n) is 6.71. The van der Waals surface area contributed by atoms with Gasteiger partial charge in [-0.05, 0) is 43.9 Å². The summed E-state index contributed by atoms with van der Waals surface area (Å²) in [6.45, 7) is 7.32. The summed E-state index contributed by atoms with van der Waals surface area (Å²) in [5.74, 6) is 1.40. The Morgan fingerprint density at radius 1 is 1.30 bits per heavy atom. The number of aryl methyl sites for hydroxylation is 1. The highest BCUT2D eigenvalue weighted by Gasteiger charge is 2.25. The van der Waals surface area contributed by atoms with Crippen LogP contribution < -0.4 is 10.1 Å². The summed E-state index contributed by atoms with van der Waals surface area (Å²) in [4.78, 5) is 4.64. The van der Waals surface area contributed by atoms with E-state index in [9.17, 15) is 0 Å². The fraction of sp³-hybridized carbons (Fsp3) is 0.526. The van der Waals surface area contributed by atoms with E-state index in [4.69, 9.17) is 9.47 Å². The summed E-state index contributed by atoms with van der Waals surface area (Å²) < 4.78 is 11.2. The maximum atomic E-state index is 5.88.